The molecule has 0 saturated heterocycles. The summed E-state index contributed by atoms with van der Waals surface area (Å²) in [5.74, 6) is 3.42. The van der Waals surface area contributed by atoms with Crippen LogP contribution in [-0.4, -0.2) is 18.8 Å². The van der Waals surface area contributed by atoms with Gasteiger partial charge in [0.1, 0.15) is 11.5 Å². The molecule has 1 aromatic heterocycles. The first-order chi connectivity index (χ1) is 7.26. The monoisotopic (exact) mass is 228 g/mol. The zero-order valence-electron chi connectivity index (χ0n) is 9.12. The molecule has 4 heteroatoms. The van der Waals surface area contributed by atoms with Crippen LogP contribution in [0.3, 0.4) is 0 Å². The van der Waals surface area contributed by atoms with Crippen molar-refractivity contribution in [2.75, 3.05) is 12.9 Å². The van der Waals surface area contributed by atoms with Crippen LogP contribution in [0.25, 0.3) is 0 Å². The summed E-state index contributed by atoms with van der Waals surface area (Å²) in [6, 6.07) is 3.99. The third-order valence-corrected chi connectivity index (χ3v) is 2.97. The zero-order chi connectivity index (χ0) is 11.1. The maximum Gasteiger partial charge on any atom is 0.306 e. The van der Waals surface area contributed by atoms with Gasteiger partial charge in [0.15, 0.2) is 0 Å². The van der Waals surface area contributed by atoms with E-state index in [1.165, 1.54) is 7.11 Å². The summed E-state index contributed by atoms with van der Waals surface area (Å²) in [7, 11) is 1.41. The molecule has 0 atom stereocenters. The minimum absolute atomic E-state index is 0.156. The fraction of sp³-hybridized carbons (Fsp3) is 0.545. The fourth-order valence-corrected chi connectivity index (χ4v) is 1.93. The molecule has 1 rings (SSSR count). The van der Waals surface area contributed by atoms with Crippen molar-refractivity contribution in [2.45, 2.75) is 25.5 Å². The molecule has 0 saturated carbocycles. The van der Waals surface area contributed by atoms with E-state index < -0.39 is 0 Å². The number of methoxy groups -OCH3 is 1. The number of furan rings is 1. The lowest BCUT2D eigenvalue weighted by molar-refractivity contribution is -0.140. The Bertz CT molecular complexity index is 307. The minimum atomic E-state index is -0.156. The van der Waals surface area contributed by atoms with Gasteiger partial charge >= 0.3 is 5.97 Å². The topological polar surface area (TPSA) is 39.4 Å². The van der Waals surface area contributed by atoms with Gasteiger partial charge in [-0.2, -0.15) is 11.8 Å². The second-order valence-corrected chi connectivity index (χ2v) is 4.21. The van der Waals surface area contributed by atoms with E-state index in [0.717, 1.165) is 29.4 Å². The van der Waals surface area contributed by atoms with Crippen LogP contribution in [0.2, 0.25) is 0 Å². The second-order valence-electron chi connectivity index (χ2n) is 3.10. The van der Waals surface area contributed by atoms with Gasteiger partial charge in [0.05, 0.1) is 19.3 Å². The number of hydrogen-bond acceptors (Lipinski definition) is 4. The molecule has 0 aromatic carbocycles. The molecule has 0 radical (unpaired) electrons. The van der Waals surface area contributed by atoms with Crippen LogP contribution in [-0.2, 0) is 21.7 Å². The average Bonchev–Trinajstić information content (AvgIpc) is 2.72. The summed E-state index contributed by atoms with van der Waals surface area (Å²) in [6.45, 7) is 2.06. The highest BCUT2D eigenvalue weighted by Crippen LogP contribution is 2.16. The highest BCUT2D eigenvalue weighted by molar-refractivity contribution is 7.98. The largest absolute Gasteiger partial charge is 0.469 e. The summed E-state index contributed by atoms with van der Waals surface area (Å²) in [5, 5.41) is 0. The van der Waals surface area contributed by atoms with Crippen LogP contribution in [0.5, 0.6) is 0 Å². The lowest BCUT2D eigenvalue weighted by atomic mass is 10.4. The summed E-state index contributed by atoms with van der Waals surface area (Å²) in [4.78, 5) is 10.8. The van der Waals surface area contributed by atoms with Crippen molar-refractivity contribution < 1.29 is 13.9 Å². The van der Waals surface area contributed by atoms with Crippen molar-refractivity contribution in [3.8, 4) is 0 Å². The molecule has 3 nitrogen and oxygen atoms in total. The quantitative estimate of drug-likeness (QED) is 0.554. The molecular formula is C11H16O3S. The minimum Gasteiger partial charge on any atom is -0.469 e. The number of thioether (sulfide) groups is 1. The van der Waals surface area contributed by atoms with Crippen molar-refractivity contribution in [3.63, 3.8) is 0 Å². The van der Waals surface area contributed by atoms with E-state index in [1.54, 1.807) is 11.8 Å². The molecule has 0 aliphatic heterocycles. The average molecular weight is 228 g/mol. The van der Waals surface area contributed by atoms with Crippen molar-refractivity contribution in [1.82, 2.24) is 0 Å². The van der Waals surface area contributed by atoms with Crippen LogP contribution in [0.4, 0.5) is 0 Å². The van der Waals surface area contributed by atoms with Crippen molar-refractivity contribution in [3.05, 3.63) is 23.7 Å². The Morgan fingerprint density at radius 1 is 1.47 bits per heavy atom. The van der Waals surface area contributed by atoms with E-state index in [-0.39, 0.29) is 5.97 Å². The fourth-order valence-electron chi connectivity index (χ4n) is 1.12. The molecule has 0 spiro atoms. The highest BCUT2D eigenvalue weighted by Gasteiger charge is 2.02. The van der Waals surface area contributed by atoms with Crippen LogP contribution >= 0.6 is 11.8 Å². The summed E-state index contributed by atoms with van der Waals surface area (Å²) in [6.07, 6.45) is 1.38. The summed E-state index contributed by atoms with van der Waals surface area (Å²) >= 11 is 1.68. The lowest BCUT2D eigenvalue weighted by Gasteiger charge is -1.98. The Morgan fingerprint density at radius 3 is 2.80 bits per heavy atom. The third-order valence-electron chi connectivity index (χ3n) is 1.99. The molecule has 0 aliphatic carbocycles. The van der Waals surface area contributed by atoms with Gasteiger partial charge in [-0.05, 0) is 12.1 Å². The van der Waals surface area contributed by atoms with Crippen LogP contribution in [0, 0.1) is 0 Å². The van der Waals surface area contributed by atoms with Crippen molar-refractivity contribution in [1.29, 1.82) is 0 Å². The van der Waals surface area contributed by atoms with Gasteiger partial charge in [0, 0.05) is 12.2 Å². The predicted octanol–water partition coefficient (Wildman–Crippen LogP) is 2.64. The van der Waals surface area contributed by atoms with E-state index in [4.69, 9.17) is 4.42 Å². The molecule has 1 aromatic rings. The molecule has 0 amide bonds. The Balaban J connectivity index is 2.17. The molecule has 0 unspecified atom stereocenters. The van der Waals surface area contributed by atoms with Crippen molar-refractivity contribution >= 4 is 17.7 Å². The summed E-state index contributed by atoms with van der Waals surface area (Å²) < 4.78 is 10.1. The van der Waals surface area contributed by atoms with Gasteiger partial charge < -0.3 is 9.15 Å². The van der Waals surface area contributed by atoms with Gasteiger partial charge in [-0.15, -0.1) is 0 Å². The summed E-state index contributed by atoms with van der Waals surface area (Å²) in [5.41, 5.74) is 0. The molecule has 0 N–H and O–H groups in total. The van der Waals surface area contributed by atoms with Gasteiger partial charge in [-0.1, -0.05) is 6.92 Å². The predicted molar refractivity (Wildman–Crippen MR) is 60.9 cm³/mol. The van der Waals surface area contributed by atoms with Crippen LogP contribution in [0.1, 0.15) is 24.9 Å². The Hall–Kier alpha value is -0.900. The molecule has 0 aliphatic rings. The number of aryl methyl sites for hydroxylation is 1. The molecule has 15 heavy (non-hydrogen) atoms. The third kappa shape index (κ3) is 4.42. The Labute approximate surface area is 94.2 Å². The number of rotatable bonds is 6. The van der Waals surface area contributed by atoms with Gasteiger partial charge in [0.2, 0.25) is 0 Å². The van der Waals surface area contributed by atoms with Crippen LogP contribution in [0.15, 0.2) is 16.5 Å². The number of ether oxygens (including phenoxy) is 1. The Morgan fingerprint density at radius 2 is 2.20 bits per heavy atom. The molecule has 0 bridgehead atoms. The number of carbonyl (C=O) groups excluding carboxylic acids is 1. The van der Waals surface area contributed by atoms with Crippen molar-refractivity contribution in [2.24, 2.45) is 0 Å². The number of carbonyl (C=O) groups is 1. The lowest BCUT2D eigenvalue weighted by Crippen LogP contribution is -2.01. The highest BCUT2D eigenvalue weighted by atomic mass is 32.2. The van der Waals surface area contributed by atoms with E-state index >= 15 is 0 Å². The van der Waals surface area contributed by atoms with Gasteiger partial charge in [-0.25, -0.2) is 0 Å². The first-order valence-electron chi connectivity index (χ1n) is 4.98. The standard InChI is InChI=1S/C11H16O3S/c1-3-9-4-5-10(14-9)8-15-7-6-11(12)13-2/h4-5H,3,6-8H2,1-2H3. The van der Waals surface area contributed by atoms with Gasteiger partial charge in [-0.3, -0.25) is 4.79 Å². The zero-order valence-corrected chi connectivity index (χ0v) is 9.93. The first-order valence-corrected chi connectivity index (χ1v) is 6.14. The molecule has 84 valence electrons. The van der Waals surface area contributed by atoms with E-state index in [2.05, 4.69) is 11.7 Å². The van der Waals surface area contributed by atoms with E-state index in [0.29, 0.717) is 6.42 Å². The number of esters is 1. The molecular weight excluding hydrogens is 212 g/mol. The first kappa shape index (κ1) is 12.2. The number of hydrogen-bond donors (Lipinski definition) is 0. The SMILES string of the molecule is CCc1ccc(CSCCC(=O)OC)o1. The maximum atomic E-state index is 10.8. The van der Waals surface area contributed by atoms with E-state index in [1.807, 2.05) is 12.1 Å². The normalized spacial score (nSPS) is 10.3. The molecule has 0 fully saturated rings. The smallest absolute Gasteiger partial charge is 0.306 e. The maximum absolute atomic E-state index is 10.8. The van der Waals surface area contributed by atoms with Crippen LogP contribution < -0.4 is 0 Å². The Kier molecular flexibility index (Phi) is 5.32. The molecule has 1 heterocycles. The second kappa shape index (κ2) is 6.56. The van der Waals surface area contributed by atoms with Gasteiger partial charge in [0.25, 0.3) is 0 Å². The van der Waals surface area contributed by atoms with E-state index in [9.17, 15) is 4.79 Å².